The number of hydrogen-bond acceptors (Lipinski definition) is 7. The van der Waals surface area contributed by atoms with Gasteiger partial charge in [0.1, 0.15) is 6.04 Å². The highest BCUT2D eigenvalue weighted by molar-refractivity contribution is 5.98. The Morgan fingerprint density at radius 3 is 2.72 bits per heavy atom. The van der Waals surface area contributed by atoms with Crippen molar-refractivity contribution in [3.05, 3.63) is 22.8 Å². The fraction of sp³-hybridized carbons (Fsp3) is 0.529. The summed E-state index contributed by atoms with van der Waals surface area (Å²) in [5, 5.41) is 13.8. The van der Waals surface area contributed by atoms with Gasteiger partial charge in [-0.2, -0.15) is 10.1 Å². The van der Waals surface area contributed by atoms with Crippen LogP contribution >= 0.6 is 0 Å². The Labute approximate surface area is 166 Å². The summed E-state index contributed by atoms with van der Waals surface area (Å²) in [6, 6.07) is -0.273. The SMILES string of the molecule is COc1nc(C(=O)N2CCc3c(C(=O)NC4CCN(C)C4=O)n[nH]c3C2)nn1C. The molecule has 2 N–H and O–H groups in total. The molecule has 0 radical (unpaired) electrons. The van der Waals surface area contributed by atoms with Crippen LogP contribution < -0.4 is 10.1 Å². The van der Waals surface area contributed by atoms with Gasteiger partial charge in [0.15, 0.2) is 5.69 Å². The summed E-state index contributed by atoms with van der Waals surface area (Å²) in [6.07, 6.45) is 1.04. The third kappa shape index (κ3) is 3.30. The Balaban J connectivity index is 1.46. The number of hydrogen-bond donors (Lipinski definition) is 2. The van der Waals surface area contributed by atoms with Crippen molar-refractivity contribution in [2.24, 2.45) is 7.05 Å². The summed E-state index contributed by atoms with van der Waals surface area (Å²) in [7, 11) is 4.81. The predicted octanol–water partition coefficient (Wildman–Crippen LogP) is -1.29. The molecule has 0 bridgehead atoms. The number of likely N-dealkylation sites (N-methyl/N-ethyl adjacent to an activating group) is 1. The number of nitrogens with zero attached hydrogens (tertiary/aromatic N) is 6. The molecule has 0 aromatic carbocycles. The van der Waals surface area contributed by atoms with E-state index in [9.17, 15) is 14.4 Å². The first-order chi connectivity index (χ1) is 13.9. The van der Waals surface area contributed by atoms with Gasteiger partial charge in [-0.3, -0.25) is 19.5 Å². The minimum Gasteiger partial charge on any atom is -0.467 e. The van der Waals surface area contributed by atoms with Crippen LogP contribution in [0.4, 0.5) is 0 Å². The number of aryl methyl sites for hydroxylation is 1. The van der Waals surface area contributed by atoms with Crippen molar-refractivity contribution in [1.29, 1.82) is 0 Å². The molecule has 12 nitrogen and oxygen atoms in total. The average molecular weight is 402 g/mol. The van der Waals surface area contributed by atoms with Gasteiger partial charge in [-0.15, -0.1) is 5.10 Å². The zero-order chi connectivity index (χ0) is 20.7. The first-order valence-corrected chi connectivity index (χ1v) is 9.25. The summed E-state index contributed by atoms with van der Waals surface area (Å²) in [5.41, 5.74) is 1.72. The molecule has 1 atom stereocenters. The standard InChI is InChI=1S/C17H22N8O4/c1-23-6-5-10(15(23)27)18-14(26)12-9-4-7-25(8-11(9)20-21-12)16(28)13-19-17(29-3)24(2)22-13/h10H,4-8H2,1-3H3,(H,18,26)(H,20,21). The van der Waals surface area contributed by atoms with Crippen LogP contribution in [0.3, 0.4) is 0 Å². The van der Waals surface area contributed by atoms with Gasteiger partial charge in [0.05, 0.1) is 19.3 Å². The highest BCUT2D eigenvalue weighted by Crippen LogP contribution is 2.22. The largest absolute Gasteiger partial charge is 0.467 e. The zero-order valence-electron chi connectivity index (χ0n) is 16.4. The van der Waals surface area contributed by atoms with Crippen LogP contribution in [0, 0.1) is 0 Å². The molecule has 4 rings (SSSR count). The maximum absolute atomic E-state index is 12.7. The molecule has 0 aliphatic carbocycles. The Morgan fingerprint density at radius 2 is 2.07 bits per heavy atom. The number of carbonyl (C=O) groups is 3. The molecular weight excluding hydrogens is 380 g/mol. The number of H-pyrrole nitrogens is 1. The topological polar surface area (TPSA) is 138 Å². The summed E-state index contributed by atoms with van der Waals surface area (Å²) in [6.45, 7) is 1.28. The monoisotopic (exact) mass is 402 g/mol. The van der Waals surface area contributed by atoms with E-state index in [-0.39, 0.29) is 41.8 Å². The number of likely N-dealkylation sites (tertiary alicyclic amines) is 1. The van der Waals surface area contributed by atoms with E-state index in [1.165, 1.54) is 11.8 Å². The number of aromatic nitrogens is 5. The predicted molar refractivity (Wildman–Crippen MR) is 98.1 cm³/mol. The van der Waals surface area contributed by atoms with E-state index in [2.05, 4.69) is 25.6 Å². The van der Waals surface area contributed by atoms with Gasteiger partial charge in [-0.1, -0.05) is 0 Å². The molecule has 29 heavy (non-hydrogen) atoms. The van der Waals surface area contributed by atoms with Crippen LogP contribution in [0.1, 0.15) is 38.8 Å². The lowest BCUT2D eigenvalue weighted by molar-refractivity contribution is -0.128. The highest BCUT2D eigenvalue weighted by atomic mass is 16.5. The lowest BCUT2D eigenvalue weighted by Crippen LogP contribution is -2.41. The average Bonchev–Trinajstić information content (AvgIpc) is 3.39. The van der Waals surface area contributed by atoms with E-state index >= 15 is 0 Å². The molecule has 1 saturated heterocycles. The number of nitrogens with one attached hydrogen (secondary N) is 2. The molecule has 154 valence electrons. The van der Waals surface area contributed by atoms with Crippen LogP contribution in [0.25, 0.3) is 0 Å². The molecule has 2 aliphatic heterocycles. The van der Waals surface area contributed by atoms with Gasteiger partial charge >= 0.3 is 6.01 Å². The minimum absolute atomic E-state index is 0.0501. The first-order valence-electron chi connectivity index (χ1n) is 9.25. The van der Waals surface area contributed by atoms with Gasteiger partial charge in [0.25, 0.3) is 11.8 Å². The number of carbonyl (C=O) groups excluding carboxylic acids is 3. The maximum atomic E-state index is 12.7. The second kappa shape index (κ2) is 7.18. The van der Waals surface area contributed by atoms with Crippen molar-refractivity contribution in [3.63, 3.8) is 0 Å². The van der Waals surface area contributed by atoms with Crippen LogP contribution in [-0.2, 0) is 24.8 Å². The van der Waals surface area contributed by atoms with Crippen LogP contribution in [-0.4, -0.2) is 85.8 Å². The number of methoxy groups -OCH3 is 1. The zero-order valence-corrected chi connectivity index (χ0v) is 16.4. The van der Waals surface area contributed by atoms with E-state index in [0.29, 0.717) is 31.6 Å². The van der Waals surface area contributed by atoms with Gasteiger partial charge < -0.3 is 19.9 Å². The fourth-order valence-corrected chi connectivity index (χ4v) is 3.64. The van der Waals surface area contributed by atoms with Crippen LogP contribution in [0.2, 0.25) is 0 Å². The van der Waals surface area contributed by atoms with Crippen molar-refractivity contribution in [1.82, 2.24) is 40.1 Å². The van der Waals surface area contributed by atoms with Crippen molar-refractivity contribution >= 4 is 17.7 Å². The van der Waals surface area contributed by atoms with E-state index in [0.717, 1.165) is 5.56 Å². The normalized spacial score (nSPS) is 18.7. The molecule has 2 aliphatic rings. The van der Waals surface area contributed by atoms with Crippen LogP contribution in [0.5, 0.6) is 6.01 Å². The second-order valence-electron chi connectivity index (χ2n) is 7.13. The van der Waals surface area contributed by atoms with Gasteiger partial charge in [-0.05, 0) is 12.8 Å². The summed E-state index contributed by atoms with van der Waals surface area (Å²) in [5.74, 6) is -0.756. The summed E-state index contributed by atoms with van der Waals surface area (Å²) >= 11 is 0. The Hall–Kier alpha value is -3.44. The lowest BCUT2D eigenvalue weighted by Gasteiger charge is -2.25. The number of amides is 3. The first kappa shape index (κ1) is 18.9. The van der Waals surface area contributed by atoms with E-state index in [4.69, 9.17) is 4.74 Å². The lowest BCUT2D eigenvalue weighted by atomic mass is 10.0. The van der Waals surface area contributed by atoms with Crippen molar-refractivity contribution in [2.45, 2.75) is 25.4 Å². The molecular formula is C17H22N8O4. The highest BCUT2D eigenvalue weighted by Gasteiger charge is 2.34. The van der Waals surface area contributed by atoms with Gasteiger partial charge in [-0.25, -0.2) is 4.68 Å². The number of fused-ring (bicyclic) bond motifs is 1. The van der Waals surface area contributed by atoms with Crippen LogP contribution in [0.15, 0.2) is 0 Å². The fourth-order valence-electron chi connectivity index (χ4n) is 3.64. The minimum atomic E-state index is -0.522. The van der Waals surface area contributed by atoms with Gasteiger partial charge in [0, 0.05) is 32.7 Å². The van der Waals surface area contributed by atoms with E-state index < -0.39 is 6.04 Å². The molecule has 2 aromatic heterocycles. The van der Waals surface area contributed by atoms with Crippen molar-refractivity contribution < 1.29 is 19.1 Å². The maximum Gasteiger partial charge on any atom is 0.314 e. The molecule has 12 heteroatoms. The molecule has 0 spiro atoms. The third-order valence-electron chi connectivity index (χ3n) is 5.27. The molecule has 1 unspecified atom stereocenters. The Kier molecular flexibility index (Phi) is 4.68. The summed E-state index contributed by atoms with van der Waals surface area (Å²) < 4.78 is 6.44. The number of rotatable bonds is 4. The Bertz CT molecular complexity index is 980. The van der Waals surface area contributed by atoms with Crippen molar-refractivity contribution in [3.8, 4) is 6.01 Å². The summed E-state index contributed by atoms with van der Waals surface area (Å²) in [4.78, 5) is 44.6. The molecule has 3 amide bonds. The third-order valence-corrected chi connectivity index (χ3v) is 5.27. The van der Waals surface area contributed by atoms with E-state index in [1.807, 2.05) is 0 Å². The molecule has 4 heterocycles. The van der Waals surface area contributed by atoms with Gasteiger partial charge in [0.2, 0.25) is 11.7 Å². The second-order valence-corrected chi connectivity index (χ2v) is 7.13. The number of ether oxygens (including phenoxy) is 1. The molecule has 2 aromatic rings. The van der Waals surface area contributed by atoms with Crippen molar-refractivity contribution in [2.75, 3.05) is 27.2 Å². The molecule has 0 saturated carbocycles. The molecule has 1 fully saturated rings. The quantitative estimate of drug-likeness (QED) is 0.648. The van der Waals surface area contributed by atoms with E-state index in [1.54, 1.807) is 23.9 Å². The Morgan fingerprint density at radius 1 is 1.28 bits per heavy atom. The number of aromatic amines is 1. The smallest absolute Gasteiger partial charge is 0.314 e.